The summed E-state index contributed by atoms with van der Waals surface area (Å²) < 4.78 is 42.9. The summed E-state index contributed by atoms with van der Waals surface area (Å²) in [6.07, 6.45) is -0.673. The van der Waals surface area contributed by atoms with E-state index in [4.69, 9.17) is 14.2 Å². The first kappa shape index (κ1) is 22.0. The molecule has 10 heteroatoms. The number of amides is 1. The molecule has 0 aliphatic carbocycles. The van der Waals surface area contributed by atoms with E-state index < -0.39 is 22.1 Å². The molecule has 0 spiro atoms. The third kappa shape index (κ3) is 6.38. The standard InChI is InChI=1S/C18H26N2O7S/c1-12(2)20-18(22)13(3)27-17(21)5-4-8-19-28(23,24)14-6-7-15-16(11-14)26-10-9-25-15/h6-7,11-13,19H,4-5,8-10H2,1-3H3,(H,20,22). The number of nitrogens with one attached hydrogen (secondary N) is 2. The molecule has 1 atom stereocenters. The number of carbonyl (C=O) groups is 2. The second-order valence-electron chi connectivity index (χ2n) is 6.60. The van der Waals surface area contributed by atoms with Gasteiger partial charge in [-0.25, -0.2) is 13.1 Å². The highest BCUT2D eigenvalue weighted by Gasteiger charge is 2.20. The molecule has 0 saturated carbocycles. The Morgan fingerprint density at radius 1 is 1.14 bits per heavy atom. The van der Waals surface area contributed by atoms with Crippen LogP contribution in [0.2, 0.25) is 0 Å². The highest BCUT2D eigenvalue weighted by atomic mass is 32.2. The number of hydrogen-bond acceptors (Lipinski definition) is 7. The quantitative estimate of drug-likeness (QED) is 0.456. The third-order valence-electron chi connectivity index (χ3n) is 3.78. The Labute approximate surface area is 164 Å². The smallest absolute Gasteiger partial charge is 0.306 e. The molecule has 1 aliphatic rings. The Balaban J connectivity index is 1.78. The van der Waals surface area contributed by atoms with Crippen LogP contribution in [0.15, 0.2) is 23.1 Å². The van der Waals surface area contributed by atoms with Gasteiger partial charge in [0.15, 0.2) is 17.6 Å². The van der Waals surface area contributed by atoms with Crippen molar-refractivity contribution in [1.82, 2.24) is 10.0 Å². The van der Waals surface area contributed by atoms with Crippen LogP contribution in [0.4, 0.5) is 0 Å². The highest BCUT2D eigenvalue weighted by Crippen LogP contribution is 2.32. The van der Waals surface area contributed by atoms with Gasteiger partial charge in [-0.15, -0.1) is 0 Å². The Morgan fingerprint density at radius 3 is 2.50 bits per heavy atom. The van der Waals surface area contributed by atoms with Crippen molar-refractivity contribution >= 4 is 21.9 Å². The average molecular weight is 414 g/mol. The molecule has 156 valence electrons. The summed E-state index contributed by atoms with van der Waals surface area (Å²) in [5.41, 5.74) is 0. The highest BCUT2D eigenvalue weighted by molar-refractivity contribution is 7.89. The molecule has 1 heterocycles. The van der Waals surface area contributed by atoms with Crippen LogP contribution in [0.5, 0.6) is 11.5 Å². The Morgan fingerprint density at radius 2 is 1.82 bits per heavy atom. The van der Waals surface area contributed by atoms with Crippen molar-refractivity contribution in [1.29, 1.82) is 0 Å². The fourth-order valence-electron chi connectivity index (χ4n) is 2.42. The van der Waals surface area contributed by atoms with Crippen LogP contribution in [0.1, 0.15) is 33.6 Å². The number of sulfonamides is 1. The van der Waals surface area contributed by atoms with Crippen molar-refractivity contribution in [2.24, 2.45) is 0 Å². The summed E-state index contributed by atoms with van der Waals surface area (Å²) in [4.78, 5) is 23.6. The molecular weight excluding hydrogens is 388 g/mol. The monoisotopic (exact) mass is 414 g/mol. The number of ether oxygens (including phenoxy) is 3. The molecule has 0 saturated heterocycles. The Kier molecular flexibility index (Phi) is 7.64. The first-order valence-electron chi connectivity index (χ1n) is 9.08. The van der Waals surface area contributed by atoms with Crippen LogP contribution < -0.4 is 19.5 Å². The van der Waals surface area contributed by atoms with Crippen molar-refractivity contribution in [3.8, 4) is 11.5 Å². The maximum absolute atomic E-state index is 12.4. The molecule has 0 aromatic heterocycles. The van der Waals surface area contributed by atoms with Crippen LogP contribution in [0.25, 0.3) is 0 Å². The summed E-state index contributed by atoms with van der Waals surface area (Å²) in [5.74, 6) is -0.0532. The first-order chi connectivity index (χ1) is 13.2. The lowest BCUT2D eigenvalue weighted by molar-refractivity contribution is -0.155. The van der Waals surface area contributed by atoms with E-state index in [0.29, 0.717) is 24.7 Å². The normalized spacial score (nSPS) is 14.4. The van der Waals surface area contributed by atoms with Gasteiger partial charge in [0.2, 0.25) is 10.0 Å². The average Bonchev–Trinajstić information content (AvgIpc) is 2.64. The van der Waals surface area contributed by atoms with Crippen LogP contribution in [-0.2, 0) is 24.3 Å². The van der Waals surface area contributed by atoms with Gasteiger partial charge >= 0.3 is 5.97 Å². The number of esters is 1. The van der Waals surface area contributed by atoms with E-state index >= 15 is 0 Å². The van der Waals surface area contributed by atoms with Gasteiger partial charge in [0, 0.05) is 25.1 Å². The molecule has 1 unspecified atom stereocenters. The number of fused-ring (bicyclic) bond motifs is 1. The van der Waals surface area contributed by atoms with Gasteiger partial charge < -0.3 is 19.5 Å². The number of hydrogen-bond donors (Lipinski definition) is 2. The predicted molar refractivity (Wildman–Crippen MR) is 101 cm³/mol. The van der Waals surface area contributed by atoms with E-state index in [1.165, 1.54) is 19.1 Å². The molecule has 2 rings (SSSR count). The largest absolute Gasteiger partial charge is 0.486 e. The van der Waals surface area contributed by atoms with E-state index in [0.717, 1.165) is 0 Å². The minimum atomic E-state index is -3.74. The molecule has 0 bridgehead atoms. The molecule has 1 aromatic carbocycles. The van der Waals surface area contributed by atoms with Gasteiger partial charge in [-0.1, -0.05) is 0 Å². The van der Waals surface area contributed by atoms with Gasteiger partial charge in [0.05, 0.1) is 4.90 Å². The van der Waals surface area contributed by atoms with Crippen molar-refractivity contribution in [3.63, 3.8) is 0 Å². The topological polar surface area (TPSA) is 120 Å². The summed E-state index contributed by atoms with van der Waals surface area (Å²) in [6.45, 7) is 5.93. The van der Waals surface area contributed by atoms with E-state index in [1.54, 1.807) is 19.9 Å². The minimum absolute atomic E-state index is 0.0110. The second-order valence-corrected chi connectivity index (χ2v) is 8.37. The van der Waals surface area contributed by atoms with Gasteiger partial charge in [-0.2, -0.15) is 0 Å². The molecule has 0 fully saturated rings. The van der Waals surface area contributed by atoms with Crippen molar-refractivity contribution in [3.05, 3.63) is 18.2 Å². The summed E-state index contributed by atoms with van der Waals surface area (Å²) >= 11 is 0. The van der Waals surface area contributed by atoms with Crippen molar-refractivity contribution < 1.29 is 32.2 Å². The van der Waals surface area contributed by atoms with Gasteiger partial charge in [0.1, 0.15) is 13.2 Å². The number of carbonyl (C=O) groups excluding carboxylic acids is 2. The zero-order valence-corrected chi connectivity index (χ0v) is 17.0. The number of rotatable bonds is 9. The molecular formula is C18H26N2O7S. The van der Waals surface area contributed by atoms with E-state index in [9.17, 15) is 18.0 Å². The lowest BCUT2D eigenvalue weighted by Crippen LogP contribution is -2.39. The fraction of sp³-hybridized carbons (Fsp3) is 0.556. The molecule has 28 heavy (non-hydrogen) atoms. The Bertz CT molecular complexity index is 808. The molecule has 0 radical (unpaired) electrons. The summed E-state index contributed by atoms with van der Waals surface area (Å²) in [6, 6.07) is 4.33. The van der Waals surface area contributed by atoms with E-state index in [-0.39, 0.29) is 36.2 Å². The summed E-state index contributed by atoms with van der Waals surface area (Å²) in [5, 5.41) is 2.65. The van der Waals surface area contributed by atoms with Crippen molar-refractivity contribution in [2.45, 2.75) is 50.7 Å². The van der Waals surface area contributed by atoms with Gasteiger partial charge in [-0.05, 0) is 39.3 Å². The molecule has 1 aliphatic heterocycles. The zero-order valence-electron chi connectivity index (χ0n) is 16.2. The molecule has 1 aromatic rings. The SMILES string of the molecule is CC(C)NC(=O)C(C)OC(=O)CCCNS(=O)(=O)c1ccc2c(c1)OCCO2. The maximum atomic E-state index is 12.4. The fourth-order valence-corrected chi connectivity index (χ4v) is 3.51. The van der Waals surface area contributed by atoms with Crippen LogP contribution in [0.3, 0.4) is 0 Å². The predicted octanol–water partition coefficient (Wildman–Crippen LogP) is 0.973. The lowest BCUT2D eigenvalue weighted by Gasteiger charge is -2.19. The summed E-state index contributed by atoms with van der Waals surface area (Å²) in [7, 11) is -3.74. The van der Waals surface area contributed by atoms with Gasteiger partial charge in [0.25, 0.3) is 5.91 Å². The van der Waals surface area contributed by atoms with Crippen LogP contribution in [0, 0.1) is 0 Å². The first-order valence-corrected chi connectivity index (χ1v) is 10.6. The van der Waals surface area contributed by atoms with E-state index in [2.05, 4.69) is 10.0 Å². The van der Waals surface area contributed by atoms with Crippen LogP contribution >= 0.6 is 0 Å². The minimum Gasteiger partial charge on any atom is -0.486 e. The van der Waals surface area contributed by atoms with E-state index in [1.807, 2.05) is 0 Å². The second kappa shape index (κ2) is 9.74. The van der Waals surface area contributed by atoms with Crippen LogP contribution in [-0.4, -0.2) is 52.2 Å². The molecule has 2 N–H and O–H groups in total. The zero-order chi connectivity index (χ0) is 20.7. The maximum Gasteiger partial charge on any atom is 0.306 e. The van der Waals surface area contributed by atoms with Gasteiger partial charge in [-0.3, -0.25) is 9.59 Å². The Hall–Kier alpha value is -2.33. The lowest BCUT2D eigenvalue weighted by atomic mass is 10.3. The van der Waals surface area contributed by atoms with Crippen molar-refractivity contribution in [2.75, 3.05) is 19.8 Å². The number of benzene rings is 1. The molecule has 9 nitrogen and oxygen atoms in total. The third-order valence-corrected chi connectivity index (χ3v) is 5.24. The molecule has 1 amide bonds.